The number of aryl methyl sites for hydroxylation is 1. The lowest BCUT2D eigenvalue weighted by molar-refractivity contribution is 0.0954. The molecular formula is C18H22N2O4S. The van der Waals surface area contributed by atoms with Crippen molar-refractivity contribution in [3.8, 4) is 17.2 Å². The molecule has 25 heavy (non-hydrogen) atoms. The Bertz CT molecular complexity index is 758. The molecule has 0 fully saturated rings. The summed E-state index contributed by atoms with van der Waals surface area (Å²) in [6.45, 7) is 3.97. The highest BCUT2D eigenvalue weighted by molar-refractivity contribution is 7.14. The highest BCUT2D eigenvalue weighted by Gasteiger charge is 2.17. The van der Waals surface area contributed by atoms with Crippen LogP contribution >= 0.6 is 11.3 Å². The lowest BCUT2D eigenvalue weighted by atomic mass is 10.1. The number of hydrogen-bond acceptors (Lipinski definition) is 6. The number of ether oxygens (including phenoxy) is 3. The van der Waals surface area contributed by atoms with Gasteiger partial charge in [0.15, 0.2) is 11.5 Å². The quantitative estimate of drug-likeness (QED) is 0.605. The third kappa shape index (κ3) is 4.30. The van der Waals surface area contributed by atoms with Crippen molar-refractivity contribution in [3.63, 3.8) is 0 Å². The molecule has 6 nitrogen and oxygen atoms in total. The van der Waals surface area contributed by atoms with Crippen LogP contribution in [0, 0.1) is 0 Å². The summed E-state index contributed by atoms with van der Waals surface area (Å²) >= 11 is 1.67. The summed E-state index contributed by atoms with van der Waals surface area (Å²) in [6, 6.07) is 7.25. The molecule has 0 radical (unpaired) electrons. The van der Waals surface area contributed by atoms with E-state index >= 15 is 0 Å². The van der Waals surface area contributed by atoms with E-state index in [1.165, 1.54) is 26.2 Å². The second-order valence-electron chi connectivity index (χ2n) is 5.17. The van der Waals surface area contributed by atoms with Gasteiger partial charge >= 0.3 is 0 Å². The Labute approximate surface area is 151 Å². The third-order valence-corrected chi connectivity index (χ3v) is 4.96. The van der Waals surface area contributed by atoms with E-state index in [1.54, 1.807) is 23.5 Å². The lowest BCUT2D eigenvalue weighted by Gasteiger charge is -2.13. The van der Waals surface area contributed by atoms with E-state index < -0.39 is 0 Å². The van der Waals surface area contributed by atoms with E-state index in [0.717, 1.165) is 17.0 Å². The molecule has 134 valence electrons. The van der Waals surface area contributed by atoms with Crippen LogP contribution in [0.25, 0.3) is 0 Å². The maximum Gasteiger partial charge on any atom is 0.271 e. The molecule has 0 aliphatic heterocycles. The number of amides is 1. The summed E-state index contributed by atoms with van der Waals surface area (Å²) in [7, 11) is 4.52. The van der Waals surface area contributed by atoms with Crippen molar-refractivity contribution in [2.75, 3.05) is 21.3 Å². The number of methoxy groups -OCH3 is 3. The number of nitrogens with zero attached hydrogens (tertiary/aromatic N) is 1. The second kappa shape index (κ2) is 8.53. The minimum atomic E-state index is -0.356. The number of benzene rings is 1. The van der Waals surface area contributed by atoms with Crippen molar-refractivity contribution in [3.05, 3.63) is 39.6 Å². The molecule has 0 bridgehead atoms. The van der Waals surface area contributed by atoms with E-state index in [1.807, 2.05) is 13.0 Å². The minimum Gasteiger partial charge on any atom is -0.493 e. The van der Waals surface area contributed by atoms with Crippen LogP contribution in [-0.2, 0) is 6.42 Å². The van der Waals surface area contributed by atoms with Crippen molar-refractivity contribution >= 4 is 23.0 Å². The molecule has 2 aromatic rings. The van der Waals surface area contributed by atoms with E-state index in [9.17, 15) is 4.79 Å². The van der Waals surface area contributed by atoms with Crippen LogP contribution in [0.5, 0.6) is 17.2 Å². The topological polar surface area (TPSA) is 69.2 Å². The molecular weight excluding hydrogens is 340 g/mol. The first-order valence-corrected chi connectivity index (χ1v) is 8.59. The molecule has 0 aliphatic rings. The summed E-state index contributed by atoms with van der Waals surface area (Å²) in [4.78, 5) is 14.7. The van der Waals surface area contributed by atoms with Gasteiger partial charge in [0.25, 0.3) is 5.91 Å². The third-order valence-electron chi connectivity index (χ3n) is 3.62. The van der Waals surface area contributed by atoms with Gasteiger partial charge in [0.2, 0.25) is 5.75 Å². The zero-order valence-corrected chi connectivity index (χ0v) is 15.8. The molecule has 0 saturated carbocycles. The molecule has 0 atom stereocenters. The molecule has 1 amide bonds. The van der Waals surface area contributed by atoms with Crippen molar-refractivity contribution < 1.29 is 19.0 Å². The Kier molecular flexibility index (Phi) is 6.41. The maximum atomic E-state index is 12.4. The van der Waals surface area contributed by atoms with Gasteiger partial charge in [-0.25, -0.2) is 5.43 Å². The van der Waals surface area contributed by atoms with Crippen LogP contribution in [0.1, 0.15) is 34.0 Å². The zero-order chi connectivity index (χ0) is 18.4. The Morgan fingerprint density at radius 2 is 1.76 bits per heavy atom. The number of carbonyl (C=O) groups excluding carboxylic acids is 1. The number of carbonyl (C=O) groups is 1. The Balaban J connectivity index is 2.21. The van der Waals surface area contributed by atoms with Gasteiger partial charge in [0.1, 0.15) is 0 Å². The Morgan fingerprint density at radius 1 is 1.12 bits per heavy atom. The van der Waals surface area contributed by atoms with Crippen LogP contribution in [0.2, 0.25) is 0 Å². The Hall–Kier alpha value is -2.54. The van der Waals surface area contributed by atoms with Crippen LogP contribution in [-0.4, -0.2) is 32.9 Å². The minimum absolute atomic E-state index is 0.356. The number of hydrogen-bond donors (Lipinski definition) is 1. The molecule has 2 rings (SSSR count). The molecule has 1 aromatic carbocycles. The first-order valence-electron chi connectivity index (χ1n) is 7.77. The van der Waals surface area contributed by atoms with Crippen LogP contribution in [0.15, 0.2) is 29.4 Å². The van der Waals surface area contributed by atoms with Gasteiger partial charge < -0.3 is 14.2 Å². The van der Waals surface area contributed by atoms with Gasteiger partial charge in [-0.3, -0.25) is 4.79 Å². The van der Waals surface area contributed by atoms with Crippen molar-refractivity contribution in [2.45, 2.75) is 20.3 Å². The predicted molar refractivity (Wildman–Crippen MR) is 99.5 cm³/mol. The van der Waals surface area contributed by atoms with Crippen LogP contribution in [0.4, 0.5) is 0 Å². The summed E-state index contributed by atoms with van der Waals surface area (Å²) in [6.07, 6.45) is 0.982. The standard InChI is InChI=1S/C18H22N2O4S/c1-6-13-7-8-16(25-13)11(2)19-20-18(21)12-9-14(22-3)17(24-5)15(10-12)23-4/h7-10H,6H2,1-5H3,(H,20,21)/b19-11+. The zero-order valence-electron chi connectivity index (χ0n) is 15.0. The van der Waals surface area contributed by atoms with Gasteiger partial charge in [-0.2, -0.15) is 5.10 Å². The van der Waals surface area contributed by atoms with Crippen LogP contribution < -0.4 is 19.6 Å². The largest absolute Gasteiger partial charge is 0.493 e. The fraction of sp³-hybridized carbons (Fsp3) is 0.333. The molecule has 0 unspecified atom stereocenters. The number of nitrogens with one attached hydrogen (secondary N) is 1. The summed E-state index contributed by atoms with van der Waals surface area (Å²) < 4.78 is 15.8. The molecule has 1 N–H and O–H groups in total. The average Bonchev–Trinajstić information content (AvgIpc) is 3.13. The highest BCUT2D eigenvalue weighted by Crippen LogP contribution is 2.38. The fourth-order valence-electron chi connectivity index (χ4n) is 2.23. The van der Waals surface area contributed by atoms with Crippen molar-refractivity contribution in [1.82, 2.24) is 5.43 Å². The molecule has 1 aromatic heterocycles. The summed E-state index contributed by atoms with van der Waals surface area (Å²) in [5.41, 5.74) is 3.69. The van der Waals surface area contributed by atoms with Crippen molar-refractivity contribution in [2.24, 2.45) is 5.10 Å². The normalized spacial score (nSPS) is 11.2. The lowest BCUT2D eigenvalue weighted by Crippen LogP contribution is -2.19. The highest BCUT2D eigenvalue weighted by atomic mass is 32.1. The average molecular weight is 362 g/mol. The smallest absolute Gasteiger partial charge is 0.271 e. The first kappa shape index (κ1) is 18.8. The predicted octanol–water partition coefficient (Wildman–Crippen LogP) is 3.49. The van der Waals surface area contributed by atoms with Gasteiger partial charge in [-0.15, -0.1) is 11.3 Å². The van der Waals surface area contributed by atoms with Gasteiger partial charge in [-0.05, 0) is 37.6 Å². The summed E-state index contributed by atoms with van der Waals surface area (Å²) in [5, 5.41) is 4.19. The monoisotopic (exact) mass is 362 g/mol. The van der Waals surface area contributed by atoms with E-state index in [2.05, 4.69) is 23.5 Å². The number of hydrazone groups is 1. The Morgan fingerprint density at radius 3 is 2.24 bits per heavy atom. The molecule has 1 heterocycles. The molecule has 0 saturated heterocycles. The van der Waals surface area contributed by atoms with Gasteiger partial charge in [0, 0.05) is 10.4 Å². The van der Waals surface area contributed by atoms with Gasteiger partial charge in [-0.1, -0.05) is 6.92 Å². The van der Waals surface area contributed by atoms with Crippen LogP contribution in [0.3, 0.4) is 0 Å². The number of thiophene rings is 1. The SMILES string of the molecule is CCc1ccc(/C(C)=N/NC(=O)c2cc(OC)c(OC)c(OC)c2)s1. The van der Waals surface area contributed by atoms with Gasteiger partial charge in [0.05, 0.1) is 31.9 Å². The van der Waals surface area contributed by atoms with E-state index in [4.69, 9.17) is 14.2 Å². The van der Waals surface area contributed by atoms with Crippen molar-refractivity contribution in [1.29, 1.82) is 0 Å². The summed E-state index contributed by atoms with van der Waals surface area (Å²) in [5.74, 6) is 0.912. The first-order chi connectivity index (χ1) is 12.0. The fourth-order valence-corrected chi connectivity index (χ4v) is 3.12. The van der Waals surface area contributed by atoms with E-state index in [0.29, 0.717) is 22.8 Å². The van der Waals surface area contributed by atoms with E-state index in [-0.39, 0.29) is 5.91 Å². The second-order valence-corrected chi connectivity index (χ2v) is 6.34. The molecule has 0 aliphatic carbocycles. The maximum absolute atomic E-state index is 12.4. The molecule has 7 heteroatoms. The molecule has 0 spiro atoms. The number of rotatable bonds is 7.